The molecule has 3 aromatic heterocycles. The first-order chi connectivity index (χ1) is 12.5. The summed E-state index contributed by atoms with van der Waals surface area (Å²) in [6.07, 6.45) is 1.59. The van der Waals surface area contributed by atoms with E-state index < -0.39 is 0 Å². The molecule has 136 valence electrons. The quantitative estimate of drug-likeness (QED) is 0.765. The van der Waals surface area contributed by atoms with Gasteiger partial charge in [-0.05, 0) is 26.0 Å². The highest BCUT2D eigenvalue weighted by molar-refractivity contribution is 5.79. The van der Waals surface area contributed by atoms with Crippen molar-refractivity contribution in [1.82, 2.24) is 19.5 Å². The third kappa shape index (κ3) is 2.92. The first kappa shape index (κ1) is 16.6. The van der Waals surface area contributed by atoms with E-state index in [-0.39, 0.29) is 24.0 Å². The molecule has 0 spiro atoms. The van der Waals surface area contributed by atoms with Crippen LogP contribution in [0.3, 0.4) is 0 Å². The molecule has 3 aromatic rings. The molecular weight excluding hydrogens is 336 g/mol. The van der Waals surface area contributed by atoms with Crippen molar-refractivity contribution in [3.8, 4) is 0 Å². The second-order valence-corrected chi connectivity index (χ2v) is 6.47. The van der Waals surface area contributed by atoms with Gasteiger partial charge < -0.3 is 14.1 Å². The number of H-pyrrole nitrogens is 1. The molecule has 1 aliphatic heterocycles. The van der Waals surface area contributed by atoms with E-state index in [1.54, 1.807) is 15.7 Å². The minimum atomic E-state index is -0.244. The normalized spacial score (nSPS) is 17.8. The van der Waals surface area contributed by atoms with Crippen molar-refractivity contribution in [3.05, 3.63) is 57.5 Å². The van der Waals surface area contributed by atoms with Crippen LogP contribution in [0.15, 0.2) is 33.7 Å². The van der Waals surface area contributed by atoms with Gasteiger partial charge in [0.1, 0.15) is 11.9 Å². The molecule has 26 heavy (non-hydrogen) atoms. The second-order valence-electron chi connectivity index (χ2n) is 6.47. The molecule has 4 heterocycles. The Labute approximate surface area is 149 Å². The molecule has 1 aliphatic rings. The van der Waals surface area contributed by atoms with E-state index in [9.17, 15) is 9.59 Å². The number of aromatic nitrogens is 3. The van der Waals surface area contributed by atoms with Crippen molar-refractivity contribution in [2.45, 2.75) is 26.4 Å². The number of nitrogens with zero attached hydrogens (tertiary/aromatic N) is 3. The Morgan fingerprint density at radius 3 is 3.04 bits per heavy atom. The summed E-state index contributed by atoms with van der Waals surface area (Å²) in [4.78, 5) is 30.6. The molecule has 8 nitrogen and oxygen atoms in total. The van der Waals surface area contributed by atoms with Gasteiger partial charge in [0, 0.05) is 29.6 Å². The Bertz CT molecular complexity index is 1000. The molecule has 8 heteroatoms. The summed E-state index contributed by atoms with van der Waals surface area (Å²) >= 11 is 0. The maximum absolute atomic E-state index is 12.9. The maximum Gasteiger partial charge on any atom is 0.266 e. The van der Waals surface area contributed by atoms with Crippen molar-refractivity contribution in [2.75, 3.05) is 19.7 Å². The van der Waals surface area contributed by atoms with Crippen LogP contribution in [0.2, 0.25) is 0 Å². The summed E-state index contributed by atoms with van der Waals surface area (Å²) in [6.45, 7) is 5.21. The third-order valence-corrected chi connectivity index (χ3v) is 4.81. The van der Waals surface area contributed by atoms with E-state index in [4.69, 9.17) is 9.15 Å². The van der Waals surface area contributed by atoms with Crippen LogP contribution in [0.5, 0.6) is 0 Å². The summed E-state index contributed by atoms with van der Waals surface area (Å²) in [6, 6.07) is 5.11. The fourth-order valence-electron chi connectivity index (χ4n) is 3.40. The van der Waals surface area contributed by atoms with Gasteiger partial charge in [-0.25, -0.2) is 9.50 Å². The summed E-state index contributed by atoms with van der Waals surface area (Å²) in [7, 11) is 0. The van der Waals surface area contributed by atoms with Crippen LogP contribution >= 0.6 is 0 Å². The highest BCUT2D eigenvalue weighted by Gasteiger charge is 2.28. The zero-order chi connectivity index (χ0) is 18.3. The SMILES string of the molecule is Cc1nc2cc(=O)[nH]n2c(C)c1CC(=O)N1CCOC(c2ccco2)C1. The van der Waals surface area contributed by atoms with Crippen LogP contribution in [-0.4, -0.2) is 45.1 Å². The summed E-state index contributed by atoms with van der Waals surface area (Å²) in [5, 5.41) is 2.71. The molecule has 1 unspecified atom stereocenters. The lowest BCUT2D eigenvalue weighted by molar-refractivity contribution is -0.139. The van der Waals surface area contributed by atoms with Gasteiger partial charge in [0.05, 0.1) is 25.8 Å². The smallest absolute Gasteiger partial charge is 0.266 e. The standard InChI is InChI=1S/C18H20N4O4/c1-11-13(12(2)22-16(19-11)9-17(23)20-22)8-18(24)21-5-7-26-15(10-21)14-4-3-6-25-14/h3-4,6,9,15H,5,7-8,10H2,1-2H3,(H,20,23). The molecule has 4 rings (SSSR count). The van der Waals surface area contributed by atoms with Crippen molar-refractivity contribution in [3.63, 3.8) is 0 Å². The van der Waals surface area contributed by atoms with E-state index in [0.717, 1.165) is 22.7 Å². The van der Waals surface area contributed by atoms with Crippen LogP contribution < -0.4 is 5.56 Å². The number of ether oxygens (including phenoxy) is 1. The summed E-state index contributed by atoms with van der Waals surface area (Å²) in [5.41, 5.74) is 2.75. The van der Waals surface area contributed by atoms with Crippen LogP contribution in [0.1, 0.15) is 28.8 Å². The Morgan fingerprint density at radius 2 is 2.27 bits per heavy atom. The van der Waals surface area contributed by atoms with Crippen LogP contribution in [-0.2, 0) is 16.0 Å². The topological polar surface area (TPSA) is 92.8 Å². The second kappa shape index (κ2) is 6.45. The number of aryl methyl sites for hydroxylation is 2. The third-order valence-electron chi connectivity index (χ3n) is 4.81. The van der Waals surface area contributed by atoms with Gasteiger partial charge in [-0.15, -0.1) is 0 Å². The lowest BCUT2D eigenvalue weighted by Crippen LogP contribution is -2.43. The minimum Gasteiger partial charge on any atom is -0.467 e. The zero-order valence-electron chi connectivity index (χ0n) is 14.7. The summed E-state index contributed by atoms with van der Waals surface area (Å²) in [5.74, 6) is 0.731. The van der Waals surface area contributed by atoms with Crippen molar-refractivity contribution >= 4 is 11.6 Å². The molecule has 0 aliphatic carbocycles. The van der Waals surface area contributed by atoms with Gasteiger partial charge in [-0.2, -0.15) is 0 Å². The fraction of sp³-hybridized carbons (Fsp3) is 0.389. The number of carbonyl (C=O) groups excluding carboxylic acids is 1. The number of hydrogen-bond donors (Lipinski definition) is 1. The van der Waals surface area contributed by atoms with E-state index in [1.165, 1.54) is 6.07 Å². The number of fused-ring (bicyclic) bond motifs is 1. The maximum atomic E-state index is 12.9. The van der Waals surface area contributed by atoms with Gasteiger partial charge in [-0.1, -0.05) is 0 Å². The number of amides is 1. The van der Waals surface area contributed by atoms with E-state index >= 15 is 0 Å². The first-order valence-corrected chi connectivity index (χ1v) is 8.53. The van der Waals surface area contributed by atoms with Crippen molar-refractivity contribution in [2.24, 2.45) is 0 Å². The Kier molecular flexibility index (Phi) is 4.12. The monoisotopic (exact) mass is 356 g/mol. The van der Waals surface area contributed by atoms with Gasteiger partial charge >= 0.3 is 0 Å². The highest BCUT2D eigenvalue weighted by atomic mass is 16.5. The van der Waals surface area contributed by atoms with E-state index in [0.29, 0.717) is 25.3 Å². The molecule has 1 fully saturated rings. The number of rotatable bonds is 3. The van der Waals surface area contributed by atoms with Crippen LogP contribution in [0.4, 0.5) is 0 Å². The summed E-state index contributed by atoms with van der Waals surface area (Å²) < 4.78 is 12.7. The number of morpholine rings is 1. The number of nitrogens with one attached hydrogen (secondary N) is 1. The lowest BCUT2D eigenvalue weighted by Gasteiger charge is -2.32. The number of aromatic amines is 1. The molecule has 1 N–H and O–H groups in total. The van der Waals surface area contributed by atoms with E-state index in [2.05, 4.69) is 10.1 Å². The molecule has 0 aromatic carbocycles. The van der Waals surface area contributed by atoms with Crippen molar-refractivity contribution in [1.29, 1.82) is 0 Å². The molecule has 0 bridgehead atoms. The Morgan fingerprint density at radius 1 is 1.42 bits per heavy atom. The first-order valence-electron chi connectivity index (χ1n) is 8.53. The average molecular weight is 356 g/mol. The van der Waals surface area contributed by atoms with Crippen LogP contribution in [0, 0.1) is 13.8 Å². The Balaban J connectivity index is 1.56. The van der Waals surface area contributed by atoms with Gasteiger partial charge in [0.15, 0.2) is 5.65 Å². The predicted molar refractivity (Wildman–Crippen MR) is 93.0 cm³/mol. The average Bonchev–Trinajstić information content (AvgIpc) is 3.28. The molecule has 1 amide bonds. The minimum absolute atomic E-state index is 0.00621. The van der Waals surface area contributed by atoms with E-state index in [1.807, 2.05) is 26.0 Å². The predicted octanol–water partition coefficient (Wildman–Crippen LogP) is 1.38. The van der Waals surface area contributed by atoms with Crippen molar-refractivity contribution < 1.29 is 13.9 Å². The molecule has 1 saturated heterocycles. The van der Waals surface area contributed by atoms with Gasteiger partial charge in [0.2, 0.25) is 5.91 Å². The largest absolute Gasteiger partial charge is 0.467 e. The lowest BCUT2D eigenvalue weighted by atomic mass is 10.1. The fourth-order valence-corrected chi connectivity index (χ4v) is 3.40. The number of hydrogen-bond acceptors (Lipinski definition) is 5. The van der Waals surface area contributed by atoms with Gasteiger partial charge in [0.25, 0.3) is 5.56 Å². The highest BCUT2D eigenvalue weighted by Crippen LogP contribution is 2.23. The number of furan rings is 1. The molecule has 0 radical (unpaired) electrons. The zero-order valence-corrected chi connectivity index (χ0v) is 14.7. The molecular formula is C18H20N4O4. The Hall–Kier alpha value is -2.87. The van der Waals surface area contributed by atoms with Crippen LogP contribution in [0.25, 0.3) is 5.65 Å². The van der Waals surface area contributed by atoms with Gasteiger partial charge in [-0.3, -0.25) is 14.7 Å². The molecule has 1 atom stereocenters. The number of carbonyl (C=O) groups is 1. The molecule has 0 saturated carbocycles.